The van der Waals surface area contributed by atoms with Gasteiger partial charge in [-0.2, -0.15) is 0 Å². The van der Waals surface area contributed by atoms with Crippen LogP contribution in [0.5, 0.6) is 0 Å². The van der Waals surface area contributed by atoms with Crippen LogP contribution in [0.1, 0.15) is 31.7 Å². The van der Waals surface area contributed by atoms with Crippen LogP contribution in [-0.4, -0.2) is 54.6 Å². The van der Waals surface area contributed by atoms with Crippen molar-refractivity contribution in [3.05, 3.63) is 23.9 Å². The lowest BCUT2D eigenvalue weighted by atomic mass is 10.2. The first-order valence-corrected chi connectivity index (χ1v) is 7.77. The van der Waals surface area contributed by atoms with E-state index in [0.717, 1.165) is 31.9 Å². The van der Waals surface area contributed by atoms with Crippen LogP contribution < -0.4 is 5.32 Å². The van der Waals surface area contributed by atoms with Gasteiger partial charge in [0, 0.05) is 37.4 Å². The number of likely N-dealkylation sites (tertiary alicyclic amines) is 1. The molecule has 0 radical (unpaired) electrons. The molecule has 2 heterocycles. The van der Waals surface area contributed by atoms with Crippen molar-refractivity contribution in [3.63, 3.8) is 0 Å². The third kappa shape index (κ3) is 4.18. The van der Waals surface area contributed by atoms with Crippen LogP contribution in [-0.2, 0) is 6.54 Å². The Hall–Kier alpha value is -1.13. The van der Waals surface area contributed by atoms with Gasteiger partial charge in [0.2, 0.25) is 0 Å². The summed E-state index contributed by atoms with van der Waals surface area (Å²) in [6.45, 7) is 6.55. The largest absolute Gasteiger partial charge is 0.370 e. The standard InChI is InChI=1S/C16H28N4/c1-4-9-17-16-14(7-5-10-18-16)12-20-11-6-8-15(20)13-19(2)3/h5,7,10,15H,4,6,8-9,11-13H2,1-3H3,(H,17,18). The molecule has 20 heavy (non-hydrogen) atoms. The molecule has 1 unspecified atom stereocenters. The lowest BCUT2D eigenvalue weighted by Gasteiger charge is -2.27. The van der Waals surface area contributed by atoms with Crippen molar-refractivity contribution >= 4 is 5.82 Å². The van der Waals surface area contributed by atoms with Gasteiger partial charge in [-0.1, -0.05) is 13.0 Å². The second-order valence-corrected chi connectivity index (χ2v) is 5.97. The molecule has 0 aromatic carbocycles. The van der Waals surface area contributed by atoms with Gasteiger partial charge in [0.1, 0.15) is 5.82 Å². The Morgan fingerprint density at radius 1 is 1.45 bits per heavy atom. The van der Waals surface area contributed by atoms with E-state index in [0.29, 0.717) is 6.04 Å². The number of likely N-dealkylation sites (N-methyl/N-ethyl adjacent to an activating group) is 1. The van der Waals surface area contributed by atoms with Crippen LogP contribution in [0.2, 0.25) is 0 Å². The zero-order valence-corrected chi connectivity index (χ0v) is 13.1. The molecule has 0 spiro atoms. The zero-order valence-electron chi connectivity index (χ0n) is 13.1. The summed E-state index contributed by atoms with van der Waals surface area (Å²) in [5, 5.41) is 3.44. The molecule has 1 aliphatic rings. The van der Waals surface area contributed by atoms with Gasteiger partial charge in [-0.05, 0) is 46.0 Å². The number of rotatable bonds is 7. The van der Waals surface area contributed by atoms with Gasteiger partial charge in [0.25, 0.3) is 0 Å². The molecule has 2 rings (SSSR count). The van der Waals surface area contributed by atoms with Crippen LogP contribution in [0.4, 0.5) is 5.82 Å². The van der Waals surface area contributed by atoms with Crippen molar-refractivity contribution in [2.75, 3.05) is 39.0 Å². The van der Waals surface area contributed by atoms with Gasteiger partial charge in [-0.15, -0.1) is 0 Å². The van der Waals surface area contributed by atoms with Crippen LogP contribution in [0.25, 0.3) is 0 Å². The fourth-order valence-electron chi connectivity index (χ4n) is 2.92. The molecular weight excluding hydrogens is 248 g/mol. The molecule has 1 aromatic heterocycles. The van der Waals surface area contributed by atoms with E-state index in [1.54, 1.807) is 0 Å². The Morgan fingerprint density at radius 3 is 3.05 bits per heavy atom. The molecule has 1 N–H and O–H groups in total. The van der Waals surface area contributed by atoms with Crippen LogP contribution in [0.3, 0.4) is 0 Å². The predicted octanol–water partition coefficient (Wildman–Crippen LogP) is 2.43. The van der Waals surface area contributed by atoms with E-state index in [9.17, 15) is 0 Å². The number of aromatic nitrogens is 1. The zero-order chi connectivity index (χ0) is 14.4. The smallest absolute Gasteiger partial charge is 0.130 e. The molecule has 1 atom stereocenters. The molecule has 0 amide bonds. The first kappa shape index (κ1) is 15.3. The van der Waals surface area contributed by atoms with Crippen LogP contribution >= 0.6 is 0 Å². The average Bonchev–Trinajstić information content (AvgIpc) is 2.84. The molecule has 4 heteroatoms. The second kappa shape index (κ2) is 7.60. The van der Waals surface area contributed by atoms with Crippen LogP contribution in [0, 0.1) is 0 Å². The number of nitrogens with zero attached hydrogens (tertiary/aromatic N) is 3. The first-order chi connectivity index (χ1) is 9.70. The van der Waals surface area contributed by atoms with E-state index in [4.69, 9.17) is 0 Å². The lowest BCUT2D eigenvalue weighted by molar-refractivity contribution is 0.201. The van der Waals surface area contributed by atoms with E-state index >= 15 is 0 Å². The molecule has 0 saturated carbocycles. The summed E-state index contributed by atoms with van der Waals surface area (Å²) >= 11 is 0. The number of pyridine rings is 1. The molecule has 1 fully saturated rings. The van der Waals surface area contributed by atoms with E-state index in [2.05, 4.69) is 47.2 Å². The second-order valence-electron chi connectivity index (χ2n) is 5.97. The quantitative estimate of drug-likeness (QED) is 0.829. The Kier molecular flexibility index (Phi) is 5.80. The minimum absolute atomic E-state index is 0.684. The summed E-state index contributed by atoms with van der Waals surface area (Å²) in [7, 11) is 4.32. The average molecular weight is 276 g/mol. The lowest BCUT2D eigenvalue weighted by Crippen LogP contribution is -2.37. The number of hydrogen-bond acceptors (Lipinski definition) is 4. The Balaban J connectivity index is 2.01. The molecular formula is C16H28N4. The summed E-state index contributed by atoms with van der Waals surface area (Å²) < 4.78 is 0. The summed E-state index contributed by atoms with van der Waals surface area (Å²) in [5.41, 5.74) is 1.33. The summed E-state index contributed by atoms with van der Waals surface area (Å²) in [6.07, 6.45) is 5.64. The van der Waals surface area contributed by atoms with E-state index in [-0.39, 0.29) is 0 Å². The van der Waals surface area contributed by atoms with Crippen molar-refractivity contribution in [1.82, 2.24) is 14.8 Å². The van der Waals surface area contributed by atoms with Gasteiger partial charge in [0.05, 0.1) is 0 Å². The van der Waals surface area contributed by atoms with Gasteiger partial charge >= 0.3 is 0 Å². The third-order valence-corrected chi connectivity index (χ3v) is 3.88. The molecule has 0 aliphatic carbocycles. The Labute approximate surface area is 123 Å². The SMILES string of the molecule is CCCNc1ncccc1CN1CCCC1CN(C)C. The predicted molar refractivity (Wildman–Crippen MR) is 85.0 cm³/mol. The maximum atomic E-state index is 4.50. The fourth-order valence-corrected chi connectivity index (χ4v) is 2.92. The minimum Gasteiger partial charge on any atom is -0.370 e. The fraction of sp³-hybridized carbons (Fsp3) is 0.688. The number of hydrogen-bond donors (Lipinski definition) is 1. The highest BCUT2D eigenvalue weighted by Crippen LogP contribution is 2.23. The van der Waals surface area contributed by atoms with E-state index < -0.39 is 0 Å². The summed E-state index contributed by atoms with van der Waals surface area (Å²) in [4.78, 5) is 9.40. The molecule has 4 nitrogen and oxygen atoms in total. The van der Waals surface area contributed by atoms with E-state index in [1.807, 2.05) is 12.3 Å². The molecule has 1 aromatic rings. The Bertz CT molecular complexity index is 405. The van der Waals surface area contributed by atoms with Gasteiger partial charge in [-0.25, -0.2) is 4.98 Å². The number of anilines is 1. The number of nitrogens with one attached hydrogen (secondary N) is 1. The van der Waals surface area contributed by atoms with E-state index in [1.165, 1.54) is 24.9 Å². The molecule has 1 saturated heterocycles. The highest BCUT2D eigenvalue weighted by Gasteiger charge is 2.25. The summed E-state index contributed by atoms with van der Waals surface area (Å²) in [5.74, 6) is 1.06. The maximum absolute atomic E-state index is 4.50. The molecule has 1 aliphatic heterocycles. The van der Waals surface area contributed by atoms with Crippen molar-refractivity contribution in [1.29, 1.82) is 0 Å². The van der Waals surface area contributed by atoms with Gasteiger partial charge < -0.3 is 10.2 Å². The topological polar surface area (TPSA) is 31.4 Å². The van der Waals surface area contributed by atoms with Gasteiger partial charge in [-0.3, -0.25) is 4.90 Å². The Morgan fingerprint density at radius 2 is 2.30 bits per heavy atom. The van der Waals surface area contributed by atoms with Crippen molar-refractivity contribution in [2.24, 2.45) is 0 Å². The maximum Gasteiger partial charge on any atom is 0.130 e. The molecule has 112 valence electrons. The van der Waals surface area contributed by atoms with Crippen molar-refractivity contribution in [3.8, 4) is 0 Å². The normalized spacial score (nSPS) is 19.7. The summed E-state index contributed by atoms with van der Waals surface area (Å²) in [6, 6.07) is 4.93. The third-order valence-electron chi connectivity index (χ3n) is 3.88. The highest BCUT2D eigenvalue weighted by atomic mass is 15.2. The van der Waals surface area contributed by atoms with Crippen molar-refractivity contribution < 1.29 is 0 Å². The van der Waals surface area contributed by atoms with Gasteiger partial charge in [0.15, 0.2) is 0 Å². The minimum atomic E-state index is 0.684. The van der Waals surface area contributed by atoms with Crippen molar-refractivity contribution in [2.45, 2.75) is 38.8 Å². The molecule has 0 bridgehead atoms. The first-order valence-electron chi connectivity index (χ1n) is 7.77. The van der Waals surface area contributed by atoms with Crippen LogP contribution in [0.15, 0.2) is 18.3 Å². The monoisotopic (exact) mass is 276 g/mol. The highest BCUT2D eigenvalue weighted by molar-refractivity contribution is 5.43.